The number of aliphatic hydroxyl groups is 1. The van der Waals surface area contributed by atoms with Crippen molar-refractivity contribution in [2.45, 2.75) is 32.3 Å². The normalized spacial score (nSPS) is 11.3. The van der Waals surface area contributed by atoms with E-state index in [1.807, 2.05) is 44.2 Å². The lowest BCUT2D eigenvalue weighted by molar-refractivity contribution is 0.0257. The van der Waals surface area contributed by atoms with Gasteiger partial charge in [-0.2, -0.15) is 0 Å². The smallest absolute Gasteiger partial charge is 0.345 e. The summed E-state index contributed by atoms with van der Waals surface area (Å²) in [6.45, 7) is 3.72. The number of esters is 1. The molecule has 5 nitrogen and oxygen atoms in total. The standard InChI is InChI=1S/C18H22O5/c1-5-18(20,6-2)14-13(16(19)21-3)17(22-4)23-15(14)12-10-8-7-9-11-12/h7-11,20H,5-6H2,1-4H3. The molecule has 2 rings (SSSR count). The van der Waals surface area contributed by atoms with E-state index < -0.39 is 11.6 Å². The second-order valence-corrected chi connectivity index (χ2v) is 5.27. The molecular weight excluding hydrogens is 296 g/mol. The van der Waals surface area contributed by atoms with Gasteiger partial charge in [-0.3, -0.25) is 0 Å². The van der Waals surface area contributed by atoms with Gasteiger partial charge in [0.05, 0.1) is 19.8 Å². The van der Waals surface area contributed by atoms with Crippen molar-refractivity contribution in [3.8, 4) is 17.3 Å². The Balaban J connectivity index is 2.82. The van der Waals surface area contributed by atoms with Crippen LogP contribution < -0.4 is 4.74 Å². The topological polar surface area (TPSA) is 68.9 Å². The third kappa shape index (κ3) is 2.97. The fraction of sp³-hybridized carbons (Fsp3) is 0.389. The number of methoxy groups -OCH3 is 2. The van der Waals surface area contributed by atoms with Gasteiger partial charge in [0.2, 0.25) is 0 Å². The predicted molar refractivity (Wildman–Crippen MR) is 86.5 cm³/mol. The van der Waals surface area contributed by atoms with Crippen LogP contribution >= 0.6 is 0 Å². The Labute approximate surface area is 135 Å². The summed E-state index contributed by atoms with van der Waals surface area (Å²) in [4.78, 5) is 12.3. The monoisotopic (exact) mass is 318 g/mol. The second-order valence-electron chi connectivity index (χ2n) is 5.27. The highest BCUT2D eigenvalue weighted by Gasteiger charge is 2.39. The molecule has 0 unspecified atom stereocenters. The van der Waals surface area contributed by atoms with E-state index in [1.54, 1.807) is 0 Å². The van der Waals surface area contributed by atoms with Crippen LogP contribution in [0.3, 0.4) is 0 Å². The van der Waals surface area contributed by atoms with Crippen molar-refractivity contribution in [1.82, 2.24) is 0 Å². The van der Waals surface area contributed by atoms with E-state index in [-0.39, 0.29) is 11.5 Å². The van der Waals surface area contributed by atoms with E-state index in [2.05, 4.69) is 0 Å². The summed E-state index contributed by atoms with van der Waals surface area (Å²) in [6, 6.07) is 9.32. The molecule has 0 saturated heterocycles. The van der Waals surface area contributed by atoms with Crippen LogP contribution in [0.5, 0.6) is 5.95 Å². The van der Waals surface area contributed by atoms with Crippen molar-refractivity contribution < 1.29 is 23.8 Å². The van der Waals surface area contributed by atoms with E-state index in [9.17, 15) is 9.90 Å². The van der Waals surface area contributed by atoms with Gasteiger partial charge in [0.15, 0.2) is 5.56 Å². The summed E-state index contributed by atoms with van der Waals surface area (Å²) in [5, 5.41) is 11.1. The van der Waals surface area contributed by atoms with E-state index >= 15 is 0 Å². The summed E-state index contributed by atoms with van der Waals surface area (Å²) in [6.07, 6.45) is 0.853. The highest BCUT2D eigenvalue weighted by molar-refractivity contribution is 5.96. The quantitative estimate of drug-likeness (QED) is 0.822. The van der Waals surface area contributed by atoms with Gasteiger partial charge in [-0.25, -0.2) is 4.79 Å². The molecule has 1 aromatic carbocycles. The van der Waals surface area contributed by atoms with Gasteiger partial charge in [-0.15, -0.1) is 0 Å². The molecule has 0 radical (unpaired) electrons. The van der Waals surface area contributed by atoms with Crippen LogP contribution in [0.25, 0.3) is 11.3 Å². The molecule has 1 aromatic heterocycles. The van der Waals surface area contributed by atoms with Gasteiger partial charge in [0, 0.05) is 11.1 Å². The molecule has 1 N–H and O–H groups in total. The third-order valence-corrected chi connectivity index (χ3v) is 4.12. The number of hydrogen-bond donors (Lipinski definition) is 1. The Morgan fingerprint density at radius 1 is 1.17 bits per heavy atom. The van der Waals surface area contributed by atoms with Crippen LogP contribution in [-0.4, -0.2) is 25.3 Å². The van der Waals surface area contributed by atoms with Crippen LogP contribution in [0.1, 0.15) is 42.6 Å². The lowest BCUT2D eigenvalue weighted by Crippen LogP contribution is -2.26. The maximum atomic E-state index is 12.3. The lowest BCUT2D eigenvalue weighted by Gasteiger charge is -2.26. The zero-order chi connectivity index (χ0) is 17.0. The van der Waals surface area contributed by atoms with Crippen LogP contribution in [0.15, 0.2) is 34.7 Å². The van der Waals surface area contributed by atoms with Crippen LogP contribution in [-0.2, 0) is 10.3 Å². The van der Waals surface area contributed by atoms with Gasteiger partial charge in [0.25, 0.3) is 5.95 Å². The summed E-state index contributed by atoms with van der Waals surface area (Å²) < 4.78 is 15.9. The molecule has 0 saturated carbocycles. The highest BCUT2D eigenvalue weighted by atomic mass is 16.6. The average Bonchev–Trinajstić information content (AvgIpc) is 3.01. The molecule has 1 heterocycles. The van der Waals surface area contributed by atoms with E-state index in [1.165, 1.54) is 14.2 Å². The predicted octanol–water partition coefficient (Wildman–Crippen LogP) is 3.75. The summed E-state index contributed by atoms with van der Waals surface area (Å²) in [5.41, 5.74) is 0.100. The minimum absolute atomic E-state index is 0.0472. The first kappa shape index (κ1) is 17.1. The molecule has 5 heteroatoms. The van der Waals surface area contributed by atoms with Gasteiger partial charge in [0.1, 0.15) is 5.76 Å². The van der Waals surface area contributed by atoms with Gasteiger partial charge in [-0.1, -0.05) is 44.2 Å². The molecule has 0 amide bonds. The average molecular weight is 318 g/mol. The number of carbonyl (C=O) groups excluding carboxylic acids is 1. The zero-order valence-corrected chi connectivity index (χ0v) is 13.9. The Morgan fingerprint density at radius 2 is 1.78 bits per heavy atom. The molecule has 0 aliphatic rings. The molecule has 23 heavy (non-hydrogen) atoms. The van der Waals surface area contributed by atoms with Crippen molar-refractivity contribution in [1.29, 1.82) is 0 Å². The first-order valence-corrected chi connectivity index (χ1v) is 7.59. The largest absolute Gasteiger partial charge is 0.468 e. The van der Waals surface area contributed by atoms with Crippen molar-refractivity contribution in [2.24, 2.45) is 0 Å². The minimum atomic E-state index is -1.21. The third-order valence-electron chi connectivity index (χ3n) is 4.12. The summed E-state index contributed by atoms with van der Waals surface area (Å²) >= 11 is 0. The second kappa shape index (κ2) is 6.87. The fourth-order valence-corrected chi connectivity index (χ4v) is 2.68. The van der Waals surface area contributed by atoms with Crippen molar-refractivity contribution in [3.05, 3.63) is 41.5 Å². The Hall–Kier alpha value is -2.27. The summed E-state index contributed by atoms with van der Waals surface area (Å²) in [5.74, 6) is -0.122. The van der Waals surface area contributed by atoms with Crippen molar-refractivity contribution in [2.75, 3.05) is 14.2 Å². The zero-order valence-electron chi connectivity index (χ0n) is 13.9. The number of furan rings is 1. The van der Waals surface area contributed by atoms with Gasteiger partial charge < -0.3 is 19.0 Å². The van der Waals surface area contributed by atoms with Crippen molar-refractivity contribution >= 4 is 5.97 Å². The van der Waals surface area contributed by atoms with E-state index in [0.717, 1.165) is 5.56 Å². The molecule has 124 valence electrons. The van der Waals surface area contributed by atoms with Gasteiger partial charge in [-0.05, 0) is 12.8 Å². The van der Waals surface area contributed by atoms with Crippen molar-refractivity contribution in [3.63, 3.8) is 0 Å². The molecule has 0 aliphatic carbocycles. The van der Waals surface area contributed by atoms with Gasteiger partial charge >= 0.3 is 5.97 Å². The number of hydrogen-bond acceptors (Lipinski definition) is 5. The maximum Gasteiger partial charge on any atom is 0.345 e. The first-order valence-electron chi connectivity index (χ1n) is 7.59. The highest BCUT2D eigenvalue weighted by Crippen LogP contribution is 2.44. The van der Waals surface area contributed by atoms with E-state index in [0.29, 0.717) is 24.2 Å². The molecule has 0 atom stereocenters. The maximum absolute atomic E-state index is 12.3. The van der Waals surface area contributed by atoms with Crippen LogP contribution in [0.4, 0.5) is 0 Å². The Morgan fingerprint density at radius 3 is 2.26 bits per heavy atom. The fourth-order valence-electron chi connectivity index (χ4n) is 2.68. The van der Waals surface area contributed by atoms with E-state index in [4.69, 9.17) is 13.9 Å². The Bertz CT molecular complexity index is 668. The SMILES string of the molecule is CCC(O)(CC)c1c(-c2ccccc2)oc(OC)c1C(=O)OC. The van der Waals surface area contributed by atoms with Crippen LogP contribution in [0, 0.1) is 0 Å². The molecule has 2 aromatic rings. The minimum Gasteiger partial charge on any atom is -0.468 e. The molecule has 0 spiro atoms. The molecule has 0 aliphatic heterocycles. The Kier molecular flexibility index (Phi) is 5.11. The molecule has 0 fully saturated rings. The lowest BCUT2D eigenvalue weighted by atomic mass is 9.84. The number of rotatable bonds is 6. The van der Waals surface area contributed by atoms with Crippen LogP contribution in [0.2, 0.25) is 0 Å². The molecular formula is C18H22O5. The molecule has 0 bridgehead atoms. The summed E-state index contributed by atoms with van der Waals surface area (Å²) in [7, 11) is 2.71. The number of carbonyl (C=O) groups is 1. The number of benzene rings is 1. The first-order chi connectivity index (χ1) is 11.0. The number of ether oxygens (including phenoxy) is 2.